The number of carbonyl (C=O) groups is 2. The van der Waals surface area contributed by atoms with Gasteiger partial charge in [0, 0.05) is 17.7 Å². The van der Waals surface area contributed by atoms with Crippen molar-refractivity contribution in [2.45, 2.75) is 32.7 Å². The summed E-state index contributed by atoms with van der Waals surface area (Å²) in [4.78, 5) is 29.4. The average molecular weight is 427 g/mol. The van der Waals surface area contributed by atoms with Crippen molar-refractivity contribution in [3.63, 3.8) is 0 Å². The maximum Gasteiger partial charge on any atom is 0.144 e. The molecule has 0 radical (unpaired) electrons. The Balaban J connectivity index is 1.57. The number of Topliss-reactive ketones (excluding diaryl/α,β-unsaturated/α-hetero) is 1. The van der Waals surface area contributed by atoms with Gasteiger partial charge in [-0.05, 0) is 47.7 Å². The lowest BCUT2D eigenvalue weighted by Crippen LogP contribution is -2.42. The smallest absolute Gasteiger partial charge is 0.144 e. The second-order valence-corrected chi connectivity index (χ2v) is 9.27. The number of benzene rings is 2. The lowest BCUT2D eigenvalue weighted by atomic mass is 9.68. The van der Waals surface area contributed by atoms with Gasteiger partial charge in [0.05, 0.1) is 29.3 Å². The molecule has 6 heteroatoms. The third-order valence-corrected chi connectivity index (χ3v) is 6.15. The van der Waals surface area contributed by atoms with E-state index in [9.17, 15) is 14.7 Å². The van der Waals surface area contributed by atoms with Crippen LogP contribution in [0.2, 0.25) is 0 Å². The predicted octanol–water partition coefficient (Wildman–Crippen LogP) is 4.55. The molecule has 162 valence electrons. The van der Waals surface area contributed by atoms with Crippen LogP contribution in [-0.4, -0.2) is 17.5 Å². The molecule has 32 heavy (non-hydrogen) atoms. The molecule has 0 spiro atoms. The third kappa shape index (κ3) is 3.62. The fourth-order valence-corrected chi connectivity index (χ4v) is 4.73. The molecule has 5 rings (SSSR count). The van der Waals surface area contributed by atoms with Gasteiger partial charge in [0.25, 0.3) is 0 Å². The van der Waals surface area contributed by atoms with Crippen LogP contribution in [0.25, 0.3) is 11.3 Å². The van der Waals surface area contributed by atoms with Crippen molar-refractivity contribution in [2.75, 3.05) is 5.32 Å². The van der Waals surface area contributed by atoms with Crippen molar-refractivity contribution in [3.05, 3.63) is 72.0 Å². The summed E-state index contributed by atoms with van der Waals surface area (Å²) in [6.45, 7) is 4.19. The number of rotatable bonds is 3. The molecule has 0 amide bonds. The number of ketones is 1. The third-order valence-electron chi connectivity index (χ3n) is 6.15. The highest BCUT2D eigenvalue weighted by atomic mass is 16.4. The first-order valence-corrected chi connectivity index (χ1v) is 10.7. The van der Waals surface area contributed by atoms with Crippen molar-refractivity contribution in [2.24, 2.45) is 16.3 Å². The van der Waals surface area contributed by atoms with Crippen LogP contribution >= 0.6 is 0 Å². The lowest BCUT2D eigenvalue weighted by molar-refractivity contribution is -0.255. The van der Waals surface area contributed by atoms with Gasteiger partial charge in [-0.15, -0.1) is 0 Å². The van der Waals surface area contributed by atoms with Gasteiger partial charge in [-0.3, -0.25) is 9.79 Å². The van der Waals surface area contributed by atoms with Crippen molar-refractivity contribution < 1.29 is 19.1 Å². The summed E-state index contributed by atoms with van der Waals surface area (Å²) in [7, 11) is 0. The average Bonchev–Trinajstić information content (AvgIpc) is 3.17. The molecule has 1 aliphatic heterocycles. The first-order valence-electron chi connectivity index (χ1n) is 10.7. The Morgan fingerprint density at radius 3 is 2.72 bits per heavy atom. The monoisotopic (exact) mass is 427 g/mol. The molecule has 6 nitrogen and oxygen atoms in total. The number of carboxylic acid groups (broad SMARTS) is 1. The van der Waals surface area contributed by atoms with E-state index >= 15 is 0 Å². The van der Waals surface area contributed by atoms with Gasteiger partial charge in [-0.2, -0.15) is 0 Å². The minimum atomic E-state index is -1.24. The number of nitrogens with zero attached hydrogens (tertiary/aromatic N) is 1. The number of fused-ring (bicyclic) bond motifs is 2. The molecule has 1 aromatic heterocycles. The van der Waals surface area contributed by atoms with Crippen LogP contribution in [0.15, 0.2) is 70.1 Å². The van der Waals surface area contributed by atoms with Gasteiger partial charge in [0.2, 0.25) is 0 Å². The van der Waals surface area contributed by atoms with Gasteiger partial charge in [-0.1, -0.05) is 44.2 Å². The lowest BCUT2D eigenvalue weighted by Gasteiger charge is -2.36. The maximum atomic E-state index is 13.3. The summed E-state index contributed by atoms with van der Waals surface area (Å²) in [5, 5.41) is 14.7. The fourth-order valence-electron chi connectivity index (χ4n) is 4.73. The maximum absolute atomic E-state index is 13.3. The van der Waals surface area contributed by atoms with Gasteiger partial charge < -0.3 is 19.6 Å². The number of para-hydroxylation sites is 2. The highest BCUT2D eigenvalue weighted by Gasteiger charge is 2.44. The number of carboxylic acids is 1. The number of nitrogens with one attached hydrogen (secondary N) is 1. The number of aliphatic imine (C=N–C) groups is 1. The molecule has 1 fully saturated rings. The van der Waals surface area contributed by atoms with Gasteiger partial charge in [0.1, 0.15) is 17.3 Å². The molecule has 0 saturated heterocycles. The van der Waals surface area contributed by atoms with Crippen molar-refractivity contribution >= 4 is 28.8 Å². The SMILES string of the molecule is CC1(C)CC(=O)C2C(=Nc3ccccc3NC2c2ccc(-c3cccc(C(=O)[O-])c3)o2)C1. The molecule has 2 unspecified atom stereocenters. The van der Waals surface area contributed by atoms with E-state index in [1.54, 1.807) is 18.2 Å². The number of carbonyl (C=O) groups excluding carboxylic acids is 2. The Kier molecular flexibility index (Phi) is 4.73. The van der Waals surface area contributed by atoms with Crippen molar-refractivity contribution in [1.29, 1.82) is 0 Å². The van der Waals surface area contributed by atoms with E-state index in [-0.39, 0.29) is 16.8 Å². The second-order valence-electron chi connectivity index (χ2n) is 9.27. The zero-order valence-electron chi connectivity index (χ0n) is 17.9. The van der Waals surface area contributed by atoms with Crippen molar-refractivity contribution in [1.82, 2.24) is 0 Å². The summed E-state index contributed by atoms with van der Waals surface area (Å²) >= 11 is 0. The molecular formula is C26H23N2O4-. The first-order chi connectivity index (χ1) is 15.3. The van der Waals surface area contributed by atoms with Crippen LogP contribution in [0.3, 0.4) is 0 Å². The summed E-state index contributed by atoms with van der Waals surface area (Å²) < 4.78 is 6.18. The zero-order chi connectivity index (χ0) is 22.5. The molecule has 3 aromatic rings. The van der Waals surface area contributed by atoms with Crippen LogP contribution < -0.4 is 10.4 Å². The van der Waals surface area contributed by atoms with E-state index in [0.717, 1.165) is 23.5 Å². The Bertz CT molecular complexity index is 1250. The molecule has 2 aromatic carbocycles. The number of aromatic carboxylic acids is 1. The summed E-state index contributed by atoms with van der Waals surface area (Å²) in [5.41, 5.74) is 3.11. The second kappa shape index (κ2) is 7.48. The quantitative estimate of drug-likeness (QED) is 0.661. The Hall–Kier alpha value is -3.67. The zero-order valence-corrected chi connectivity index (χ0v) is 17.9. The Labute approximate surface area is 186 Å². The standard InChI is InChI=1S/C26H24N2O4/c1-26(2)13-19-23(20(29)14-26)24(28-18-9-4-3-8-17(18)27-19)22-11-10-21(32-22)15-6-5-7-16(12-15)25(30)31/h3-12,23-24,28H,13-14H2,1-2H3,(H,30,31)/p-1. The molecule has 2 aliphatic rings. The molecule has 2 atom stereocenters. The Morgan fingerprint density at radius 1 is 1.09 bits per heavy atom. The van der Waals surface area contributed by atoms with Crippen LogP contribution in [0.1, 0.15) is 48.8 Å². The van der Waals surface area contributed by atoms with E-state index in [0.29, 0.717) is 23.5 Å². The van der Waals surface area contributed by atoms with E-state index in [2.05, 4.69) is 19.2 Å². The van der Waals surface area contributed by atoms with Crippen LogP contribution in [0.4, 0.5) is 11.4 Å². The summed E-state index contributed by atoms with van der Waals surface area (Å²) in [6.07, 6.45) is 1.21. The van der Waals surface area contributed by atoms with E-state index < -0.39 is 17.9 Å². The van der Waals surface area contributed by atoms with E-state index in [4.69, 9.17) is 9.41 Å². The number of hydrogen-bond acceptors (Lipinski definition) is 6. The fraction of sp³-hybridized carbons (Fsp3) is 0.269. The van der Waals surface area contributed by atoms with Crippen molar-refractivity contribution in [3.8, 4) is 11.3 Å². The highest BCUT2D eigenvalue weighted by molar-refractivity contribution is 6.10. The molecule has 1 saturated carbocycles. The highest BCUT2D eigenvalue weighted by Crippen LogP contribution is 2.45. The minimum absolute atomic E-state index is 0.0843. The minimum Gasteiger partial charge on any atom is -0.545 e. The van der Waals surface area contributed by atoms with Gasteiger partial charge >= 0.3 is 0 Å². The molecule has 0 bridgehead atoms. The molecular weight excluding hydrogens is 404 g/mol. The first kappa shape index (κ1) is 20.2. The Morgan fingerprint density at radius 2 is 1.91 bits per heavy atom. The van der Waals surface area contributed by atoms with Gasteiger partial charge in [0.15, 0.2) is 0 Å². The molecule has 1 aliphatic carbocycles. The van der Waals surface area contributed by atoms with Gasteiger partial charge in [-0.25, -0.2) is 0 Å². The van der Waals surface area contributed by atoms with Crippen LogP contribution in [-0.2, 0) is 4.79 Å². The molecule has 1 N–H and O–H groups in total. The normalized spacial score (nSPS) is 21.6. The number of furan rings is 1. The molecule has 2 heterocycles. The van der Waals surface area contributed by atoms with Crippen LogP contribution in [0.5, 0.6) is 0 Å². The van der Waals surface area contributed by atoms with E-state index in [1.165, 1.54) is 12.1 Å². The summed E-state index contributed by atoms with van der Waals surface area (Å²) in [5.74, 6) is -0.381. The summed E-state index contributed by atoms with van der Waals surface area (Å²) in [6, 6.07) is 17.5. The predicted molar refractivity (Wildman–Crippen MR) is 120 cm³/mol. The topological polar surface area (TPSA) is 94.7 Å². The largest absolute Gasteiger partial charge is 0.545 e. The van der Waals surface area contributed by atoms with Crippen LogP contribution in [0, 0.1) is 11.3 Å². The number of hydrogen-bond donors (Lipinski definition) is 1. The van der Waals surface area contributed by atoms with E-state index in [1.807, 2.05) is 30.3 Å². The number of anilines is 1.